The van der Waals surface area contributed by atoms with Crippen LogP contribution in [0.15, 0.2) is 83.5 Å². The number of ether oxygens (including phenoxy) is 3. The number of carbonyl (C=O) groups excluding carboxylic acids is 1. The van der Waals surface area contributed by atoms with Gasteiger partial charge in [0.1, 0.15) is 18.1 Å². The molecular weight excluding hydrogens is 402 g/mol. The molecule has 0 aromatic heterocycles. The van der Waals surface area contributed by atoms with Gasteiger partial charge in [-0.3, -0.25) is 0 Å². The summed E-state index contributed by atoms with van der Waals surface area (Å²) in [6.07, 6.45) is 1.66. The number of methoxy groups -OCH3 is 1. The molecule has 6 heteroatoms. The first-order valence-corrected chi connectivity index (χ1v) is 9.63. The van der Waals surface area contributed by atoms with Gasteiger partial charge in [0.05, 0.1) is 7.11 Å². The number of nitrogens with zero attached hydrogens (tertiary/aromatic N) is 1. The minimum Gasteiger partial charge on any atom is -0.497 e. The Hall–Kier alpha value is -3.57. The van der Waals surface area contributed by atoms with Gasteiger partial charge in [-0.15, -0.1) is 0 Å². The van der Waals surface area contributed by atoms with Crippen molar-refractivity contribution in [3.63, 3.8) is 0 Å². The van der Waals surface area contributed by atoms with E-state index in [2.05, 4.69) is 4.99 Å². The zero-order valence-electron chi connectivity index (χ0n) is 16.2. The molecular formula is C24H18ClNO4. The maximum atomic E-state index is 12.3. The second kappa shape index (κ2) is 8.84. The third kappa shape index (κ3) is 4.53. The van der Waals surface area contributed by atoms with E-state index in [-0.39, 0.29) is 11.6 Å². The lowest BCUT2D eigenvalue weighted by molar-refractivity contribution is -0.129. The number of hydrogen-bond acceptors (Lipinski definition) is 5. The normalized spacial score (nSPS) is 14.4. The minimum atomic E-state index is -0.514. The molecule has 1 heterocycles. The van der Waals surface area contributed by atoms with Crippen LogP contribution in [0.1, 0.15) is 16.7 Å². The molecule has 0 saturated heterocycles. The molecule has 1 aliphatic rings. The van der Waals surface area contributed by atoms with Crippen LogP contribution in [0.5, 0.6) is 11.5 Å². The van der Waals surface area contributed by atoms with E-state index in [0.717, 1.165) is 11.1 Å². The van der Waals surface area contributed by atoms with Crippen LogP contribution in [0.2, 0.25) is 5.02 Å². The number of hydrogen-bond donors (Lipinski definition) is 0. The predicted molar refractivity (Wildman–Crippen MR) is 116 cm³/mol. The Balaban J connectivity index is 1.57. The fraction of sp³-hybridized carbons (Fsp3) is 0.0833. The van der Waals surface area contributed by atoms with Gasteiger partial charge in [-0.25, -0.2) is 9.79 Å². The summed E-state index contributed by atoms with van der Waals surface area (Å²) in [5.74, 6) is 1.02. The quantitative estimate of drug-likeness (QED) is 0.403. The number of cyclic esters (lactones) is 1. The molecule has 0 atom stereocenters. The van der Waals surface area contributed by atoms with Gasteiger partial charge in [0.15, 0.2) is 5.70 Å². The Morgan fingerprint density at radius 2 is 1.83 bits per heavy atom. The fourth-order valence-corrected chi connectivity index (χ4v) is 3.03. The first-order chi connectivity index (χ1) is 14.6. The minimum absolute atomic E-state index is 0.204. The maximum Gasteiger partial charge on any atom is 0.363 e. The summed E-state index contributed by atoms with van der Waals surface area (Å²) in [6.45, 7) is 0.375. The lowest BCUT2D eigenvalue weighted by atomic mass is 10.1. The van der Waals surface area contributed by atoms with Crippen molar-refractivity contribution in [1.29, 1.82) is 0 Å². The second-order valence-corrected chi connectivity index (χ2v) is 6.96. The maximum absolute atomic E-state index is 12.3. The van der Waals surface area contributed by atoms with Gasteiger partial charge in [0, 0.05) is 16.1 Å². The van der Waals surface area contributed by atoms with Gasteiger partial charge in [0.25, 0.3) is 0 Å². The highest BCUT2D eigenvalue weighted by Gasteiger charge is 2.24. The van der Waals surface area contributed by atoms with Crippen molar-refractivity contribution in [3.05, 3.63) is 100 Å². The van der Waals surface area contributed by atoms with Gasteiger partial charge >= 0.3 is 5.97 Å². The summed E-state index contributed by atoms with van der Waals surface area (Å²) in [5.41, 5.74) is 2.59. The molecule has 0 radical (unpaired) electrons. The number of para-hydroxylation sites is 1. The summed E-state index contributed by atoms with van der Waals surface area (Å²) in [6, 6.07) is 22.1. The van der Waals surface area contributed by atoms with Crippen LogP contribution < -0.4 is 9.47 Å². The summed E-state index contributed by atoms with van der Waals surface area (Å²) in [4.78, 5) is 16.7. The van der Waals surface area contributed by atoms with E-state index >= 15 is 0 Å². The fourth-order valence-electron chi connectivity index (χ4n) is 2.91. The van der Waals surface area contributed by atoms with Gasteiger partial charge in [-0.1, -0.05) is 48.0 Å². The zero-order valence-corrected chi connectivity index (χ0v) is 16.9. The molecule has 0 unspecified atom stereocenters. The largest absolute Gasteiger partial charge is 0.497 e. The predicted octanol–water partition coefficient (Wildman–Crippen LogP) is 5.27. The van der Waals surface area contributed by atoms with E-state index in [1.54, 1.807) is 25.3 Å². The van der Waals surface area contributed by atoms with Crippen molar-refractivity contribution in [2.45, 2.75) is 6.61 Å². The number of aliphatic imine (C=N–C) groups is 1. The first kappa shape index (κ1) is 19.7. The molecule has 0 amide bonds. The number of benzene rings is 3. The highest BCUT2D eigenvalue weighted by Crippen LogP contribution is 2.26. The number of esters is 1. The van der Waals surface area contributed by atoms with Crippen LogP contribution in [0.3, 0.4) is 0 Å². The van der Waals surface area contributed by atoms with Crippen LogP contribution in [-0.2, 0) is 16.1 Å². The SMILES string of the molecule is COc1cccc(C2=N/C(=C/c3ccccc3OCc3ccc(Cl)cc3)C(=O)O2)c1. The molecule has 1 aliphatic heterocycles. The molecule has 30 heavy (non-hydrogen) atoms. The number of halogens is 1. The molecule has 0 aliphatic carbocycles. The van der Waals surface area contributed by atoms with Gasteiger partial charge in [-0.05, 0) is 48.0 Å². The average Bonchev–Trinajstić information content (AvgIpc) is 3.14. The summed E-state index contributed by atoms with van der Waals surface area (Å²) >= 11 is 5.92. The molecule has 0 N–H and O–H groups in total. The molecule has 150 valence electrons. The van der Waals surface area contributed by atoms with Gasteiger partial charge in [-0.2, -0.15) is 0 Å². The Morgan fingerprint density at radius 1 is 1.03 bits per heavy atom. The van der Waals surface area contributed by atoms with E-state index in [1.807, 2.05) is 60.7 Å². The lowest BCUT2D eigenvalue weighted by Crippen LogP contribution is -2.05. The third-order valence-electron chi connectivity index (χ3n) is 4.46. The Labute approximate surface area is 179 Å². The molecule has 0 saturated carbocycles. The molecule has 5 nitrogen and oxygen atoms in total. The van der Waals surface area contributed by atoms with E-state index in [9.17, 15) is 4.79 Å². The Bertz CT molecular complexity index is 1140. The summed E-state index contributed by atoms with van der Waals surface area (Å²) in [7, 11) is 1.58. The highest BCUT2D eigenvalue weighted by molar-refractivity contribution is 6.30. The molecule has 0 fully saturated rings. The van der Waals surface area contributed by atoms with Crippen molar-refractivity contribution < 1.29 is 19.0 Å². The molecule has 3 aromatic carbocycles. The van der Waals surface area contributed by atoms with Gasteiger partial charge < -0.3 is 14.2 Å². The van der Waals surface area contributed by atoms with Crippen molar-refractivity contribution in [1.82, 2.24) is 0 Å². The van der Waals surface area contributed by atoms with Crippen LogP contribution in [0.4, 0.5) is 0 Å². The topological polar surface area (TPSA) is 57.1 Å². The van der Waals surface area contributed by atoms with Crippen molar-refractivity contribution >= 4 is 29.5 Å². The first-order valence-electron chi connectivity index (χ1n) is 9.25. The van der Waals surface area contributed by atoms with E-state index < -0.39 is 5.97 Å². The Morgan fingerprint density at radius 3 is 2.63 bits per heavy atom. The Kier molecular flexibility index (Phi) is 5.82. The van der Waals surface area contributed by atoms with Crippen LogP contribution in [0, 0.1) is 0 Å². The standard InChI is InChI=1S/C24H18ClNO4/c1-28-20-7-4-6-18(13-20)23-26-21(24(27)30-23)14-17-5-2-3-8-22(17)29-15-16-9-11-19(25)12-10-16/h2-14H,15H2,1H3/b21-14+. The van der Waals surface area contributed by atoms with Gasteiger partial charge in [0.2, 0.25) is 5.90 Å². The summed E-state index contributed by atoms with van der Waals surface area (Å²) in [5, 5.41) is 0.674. The molecule has 4 rings (SSSR count). The molecule has 0 bridgehead atoms. The number of carbonyl (C=O) groups is 1. The van der Waals surface area contributed by atoms with Crippen LogP contribution in [-0.4, -0.2) is 19.0 Å². The lowest BCUT2D eigenvalue weighted by Gasteiger charge is -2.09. The van der Waals surface area contributed by atoms with E-state index in [1.165, 1.54) is 0 Å². The number of rotatable bonds is 6. The van der Waals surface area contributed by atoms with E-state index in [0.29, 0.717) is 28.7 Å². The smallest absolute Gasteiger partial charge is 0.363 e. The average molecular weight is 420 g/mol. The highest BCUT2D eigenvalue weighted by atomic mass is 35.5. The van der Waals surface area contributed by atoms with Crippen molar-refractivity contribution in [3.8, 4) is 11.5 Å². The van der Waals surface area contributed by atoms with Crippen LogP contribution in [0.25, 0.3) is 6.08 Å². The third-order valence-corrected chi connectivity index (χ3v) is 4.71. The molecule has 3 aromatic rings. The van der Waals surface area contributed by atoms with Crippen molar-refractivity contribution in [2.24, 2.45) is 4.99 Å². The molecule has 0 spiro atoms. The summed E-state index contributed by atoms with van der Waals surface area (Å²) < 4.78 is 16.5. The zero-order chi connectivity index (χ0) is 20.9. The van der Waals surface area contributed by atoms with E-state index in [4.69, 9.17) is 25.8 Å². The monoisotopic (exact) mass is 419 g/mol. The van der Waals surface area contributed by atoms with Crippen LogP contribution >= 0.6 is 11.6 Å². The van der Waals surface area contributed by atoms with Crippen molar-refractivity contribution in [2.75, 3.05) is 7.11 Å². The second-order valence-electron chi connectivity index (χ2n) is 6.52.